The van der Waals surface area contributed by atoms with E-state index in [1.54, 1.807) is 12.3 Å². The summed E-state index contributed by atoms with van der Waals surface area (Å²) in [5, 5.41) is 10.9. The molecule has 0 saturated carbocycles. The second kappa shape index (κ2) is 7.90. The number of hydrogen-bond donors (Lipinski definition) is 2. The molecule has 0 spiro atoms. The zero-order chi connectivity index (χ0) is 17.6. The molecule has 0 aliphatic carbocycles. The Morgan fingerprint density at radius 1 is 1.24 bits per heavy atom. The monoisotopic (exact) mass is 396 g/mol. The molecule has 2 aromatic carbocycles. The number of aromatic amines is 1. The molecule has 0 atom stereocenters. The molecule has 6 heteroatoms. The lowest BCUT2D eigenvalue weighted by Gasteiger charge is -1.98. The first kappa shape index (κ1) is 17.1. The Labute approximate surface area is 154 Å². The molecular weight excluding hydrogens is 380 g/mol. The highest BCUT2D eigenvalue weighted by Crippen LogP contribution is 2.18. The summed E-state index contributed by atoms with van der Waals surface area (Å²) in [6, 6.07) is 17.5. The second-order valence-electron chi connectivity index (χ2n) is 5.47. The fraction of sp³-hybridized carbons (Fsp3) is 0.105. The van der Waals surface area contributed by atoms with Crippen LogP contribution >= 0.6 is 15.9 Å². The van der Waals surface area contributed by atoms with Gasteiger partial charge in [0, 0.05) is 10.0 Å². The van der Waals surface area contributed by atoms with E-state index in [1.807, 2.05) is 36.4 Å². The maximum atomic E-state index is 12.1. The van der Waals surface area contributed by atoms with Crippen LogP contribution in [0.3, 0.4) is 0 Å². The number of nitrogens with zero attached hydrogens (tertiary/aromatic N) is 2. The minimum atomic E-state index is -0.338. The van der Waals surface area contributed by atoms with Crippen molar-refractivity contribution in [3.63, 3.8) is 0 Å². The Morgan fingerprint density at radius 2 is 2.04 bits per heavy atom. The van der Waals surface area contributed by atoms with E-state index in [0.717, 1.165) is 27.7 Å². The number of hydrogen-bond acceptors (Lipinski definition) is 3. The fourth-order valence-corrected chi connectivity index (χ4v) is 2.73. The van der Waals surface area contributed by atoms with Gasteiger partial charge < -0.3 is 0 Å². The topological polar surface area (TPSA) is 70.1 Å². The van der Waals surface area contributed by atoms with Crippen LogP contribution in [0, 0.1) is 0 Å². The van der Waals surface area contributed by atoms with Crippen molar-refractivity contribution in [3.8, 4) is 11.3 Å². The molecule has 0 fully saturated rings. The van der Waals surface area contributed by atoms with E-state index in [-0.39, 0.29) is 5.91 Å². The Kier molecular flexibility index (Phi) is 5.40. The summed E-state index contributed by atoms with van der Waals surface area (Å²) < 4.78 is 0.954. The number of halogens is 1. The van der Waals surface area contributed by atoms with Crippen LogP contribution < -0.4 is 5.43 Å². The van der Waals surface area contributed by atoms with Crippen LogP contribution in [-0.4, -0.2) is 22.3 Å². The van der Waals surface area contributed by atoms with Gasteiger partial charge in [0.25, 0.3) is 5.91 Å². The lowest BCUT2D eigenvalue weighted by molar-refractivity contribution is 0.0950. The fourth-order valence-electron chi connectivity index (χ4n) is 2.31. The van der Waals surface area contributed by atoms with Crippen molar-refractivity contribution >= 4 is 28.1 Å². The minimum Gasteiger partial charge on any atom is -0.272 e. The van der Waals surface area contributed by atoms with Gasteiger partial charge in [0.15, 0.2) is 0 Å². The van der Waals surface area contributed by atoms with Gasteiger partial charge in [-0.25, -0.2) is 5.43 Å². The number of benzene rings is 2. The van der Waals surface area contributed by atoms with Crippen LogP contribution in [0.25, 0.3) is 11.3 Å². The van der Waals surface area contributed by atoms with Gasteiger partial charge in [-0.3, -0.25) is 9.89 Å². The van der Waals surface area contributed by atoms with Gasteiger partial charge in [-0.05, 0) is 35.7 Å². The number of aromatic nitrogens is 2. The van der Waals surface area contributed by atoms with Gasteiger partial charge in [0.1, 0.15) is 5.69 Å². The smallest absolute Gasteiger partial charge is 0.272 e. The molecule has 0 radical (unpaired) electrons. The predicted octanol–water partition coefficient (Wildman–Crippen LogP) is 4.17. The predicted molar refractivity (Wildman–Crippen MR) is 103 cm³/mol. The summed E-state index contributed by atoms with van der Waals surface area (Å²) in [5.41, 5.74) is 6.69. The summed E-state index contributed by atoms with van der Waals surface area (Å²) in [5.74, 6) is -0.338. The first-order valence-corrected chi connectivity index (χ1v) is 8.68. The summed E-state index contributed by atoms with van der Waals surface area (Å²) in [6.45, 7) is 2.11. The Bertz CT molecular complexity index is 900. The van der Waals surface area contributed by atoms with Gasteiger partial charge >= 0.3 is 0 Å². The molecule has 0 bridgehead atoms. The first-order valence-electron chi connectivity index (χ1n) is 7.89. The highest BCUT2D eigenvalue weighted by atomic mass is 79.9. The van der Waals surface area contributed by atoms with Crippen molar-refractivity contribution in [2.24, 2.45) is 5.10 Å². The van der Waals surface area contributed by atoms with Gasteiger partial charge in [0.2, 0.25) is 0 Å². The van der Waals surface area contributed by atoms with Crippen LogP contribution in [-0.2, 0) is 6.42 Å². The van der Waals surface area contributed by atoms with Crippen molar-refractivity contribution in [1.29, 1.82) is 0 Å². The number of H-pyrrole nitrogens is 1. The molecular formula is C19H17BrN4O. The zero-order valence-electron chi connectivity index (χ0n) is 13.7. The molecule has 5 nitrogen and oxygen atoms in total. The molecule has 0 aliphatic rings. The van der Waals surface area contributed by atoms with E-state index in [1.165, 1.54) is 5.56 Å². The summed E-state index contributed by atoms with van der Waals surface area (Å²) in [4.78, 5) is 12.1. The number of carbonyl (C=O) groups excluding carboxylic acids is 1. The lowest BCUT2D eigenvalue weighted by Crippen LogP contribution is -2.17. The zero-order valence-corrected chi connectivity index (χ0v) is 15.2. The molecule has 3 rings (SSSR count). The molecule has 0 aliphatic heterocycles. The number of aryl methyl sites for hydroxylation is 1. The van der Waals surface area contributed by atoms with Crippen molar-refractivity contribution in [2.45, 2.75) is 13.3 Å². The highest BCUT2D eigenvalue weighted by molar-refractivity contribution is 9.10. The van der Waals surface area contributed by atoms with Crippen molar-refractivity contribution in [3.05, 3.63) is 75.9 Å². The van der Waals surface area contributed by atoms with Gasteiger partial charge in [-0.15, -0.1) is 0 Å². The number of amides is 1. The second-order valence-corrected chi connectivity index (χ2v) is 6.39. The van der Waals surface area contributed by atoms with Crippen LogP contribution in [0.1, 0.15) is 28.5 Å². The van der Waals surface area contributed by atoms with E-state index >= 15 is 0 Å². The summed E-state index contributed by atoms with van der Waals surface area (Å²) in [6.07, 6.45) is 2.58. The van der Waals surface area contributed by atoms with Crippen molar-refractivity contribution < 1.29 is 4.79 Å². The third-order valence-corrected chi connectivity index (χ3v) is 4.20. The standard InChI is InChI=1S/C19H17BrN4O/c1-2-13-6-8-15(9-7-13)17-11-18(23-22-17)19(25)24-21-12-14-4-3-5-16(20)10-14/h3-12H,2H2,1H3,(H,22,23)(H,24,25)/b21-12-. The van der Waals surface area contributed by atoms with E-state index in [4.69, 9.17) is 0 Å². The Hall–Kier alpha value is -2.73. The van der Waals surface area contributed by atoms with E-state index in [9.17, 15) is 4.79 Å². The number of nitrogens with one attached hydrogen (secondary N) is 2. The first-order chi connectivity index (χ1) is 12.2. The molecule has 2 N–H and O–H groups in total. The molecule has 126 valence electrons. The highest BCUT2D eigenvalue weighted by Gasteiger charge is 2.10. The van der Waals surface area contributed by atoms with Crippen LogP contribution in [0.5, 0.6) is 0 Å². The minimum absolute atomic E-state index is 0.338. The number of rotatable bonds is 5. The average Bonchev–Trinajstić information content (AvgIpc) is 3.12. The quantitative estimate of drug-likeness (QED) is 0.501. The van der Waals surface area contributed by atoms with Crippen LogP contribution in [0.4, 0.5) is 0 Å². The van der Waals surface area contributed by atoms with Crippen LogP contribution in [0.15, 0.2) is 64.2 Å². The summed E-state index contributed by atoms with van der Waals surface area (Å²) in [7, 11) is 0. The molecule has 1 aromatic heterocycles. The van der Waals surface area contributed by atoms with Crippen molar-refractivity contribution in [1.82, 2.24) is 15.6 Å². The molecule has 25 heavy (non-hydrogen) atoms. The summed E-state index contributed by atoms with van der Waals surface area (Å²) >= 11 is 3.39. The maximum Gasteiger partial charge on any atom is 0.289 e. The van der Waals surface area contributed by atoms with Crippen molar-refractivity contribution in [2.75, 3.05) is 0 Å². The normalized spacial score (nSPS) is 11.0. The molecule has 1 heterocycles. The SMILES string of the molecule is CCc1ccc(-c2cc(C(=O)N/N=C\c3cccc(Br)c3)[nH]n2)cc1. The Morgan fingerprint density at radius 3 is 2.76 bits per heavy atom. The largest absolute Gasteiger partial charge is 0.289 e. The number of hydrazone groups is 1. The van der Waals surface area contributed by atoms with E-state index in [0.29, 0.717) is 5.69 Å². The molecule has 0 unspecified atom stereocenters. The molecule has 3 aromatic rings. The van der Waals surface area contributed by atoms with Gasteiger partial charge in [-0.2, -0.15) is 10.2 Å². The average molecular weight is 397 g/mol. The Balaban J connectivity index is 1.66. The van der Waals surface area contributed by atoms with Crippen LogP contribution in [0.2, 0.25) is 0 Å². The third kappa shape index (κ3) is 4.42. The van der Waals surface area contributed by atoms with Gasteiger partial charge in [-0.1, -0.05) is 59.3 Å². The third-order valence-electron chi connectivity index (χ3n) is 3.71. The lowest BCUT2D eigenvalue weighted by atomic mass is 10.1. The maximum absolute atomic E-state index is 12.1. The molecule has 0 saturated heterocycles. The number of carbonyl (C=O) groups is 1. The molecule has 1 amide bonds. The van der Waals surface area contributed by atoms with Gasteiger partial charge in [0.05, 0.1) is 11.9 Å². The van der Waals surface area contributed by atoms with E-state index < -0.39 is 0 Å². The van der Waals surface area contributed by atoms with E-state index in [2.05, 4.69) is 55.7 Å².